The largest absolute Gasteiger partial charge is 0.289 e. The van der Waals surface area contributed by atoms with Crippen LogP contribution in [0.15, 0.2) is 36.4 Å². The third-order valence-electron chi connectivity index (χ3n) is 3.17. The number of ketones is 2. The lowest BCUT2D eigenvalue weighted by Gasteiger charge is -2.17. The molecule has 0 saturated heterocycles. The fourth-order valence-electron chi connectivity index (χ4n) is 2.31. The Balaban J connectivity index is 2.39. The maximum atomic E-state index is 12.4. The predicted octanol–water partition coefficient (Wildman–Crippen LogP) is 3.02. The van der Waals surface area contributed by atoms with E-state index in [1.807, 2.05) is 0 Å². The molecule has 0 saturated carbocycles. The first-order chi connectivity index (χ1) is 9.50. The first-order valence-corrected chi connectivity index (χ1v) is 6.05. The average molecular weight is 288 g/mol. The van der Waals surface area contributed by atoms with Crippen LogP contribution in [0.2, 0.25) is 5.02 Å². The first-order valence-electron chi connectivity index (χ1n) is 5.67. The van der Waals surface area contributed by atoms with Crippen molar-refractivity contribution in [3.8, 4) is 0 Å². The average Bonchev–Trinajstić information content (AvgIpc) is 2.43. The van der Waals surface area contributed by atoms with Gasteiger partial charge >= 0.3 is 0 Å². The minimum Gasteiger partial charge on any atom is -0.289 e. The number of rotatable bonds is 1. The van der Waals surface area contributed by atoms with E-state index in [1.54, 1.807) is 12.1 Å². The number of nitro groups is 1. The van der Waals surface area contributed by atoms with Crippen molar-refractivity contribution < 1.29 is 14.5 Å². The monoisotopic (exact) mass is 287 g/mol. The van der Waals surface area contributed by atoms with Gasteiger partial charge in [-0.3, -0.25) is 19.7 Å². The first kappa shape index (κ1) is 12.5. The Morgan fingerprint density at radius 3 is 2.15 bits per heavy atom. The summed E-state index contributed by atoms with van der Waals surface area (Å²) in [5, 5.41) is 11.1. The standard InChI is InChI=1S/C14H6ClNO4/c15-7-5-10-12(11(6-7)16(19)20)14(18)9-4-2-1-3-8(9)13(10)17/h1-6H. The lowest BCUT2D eigenvalue weighted by Crippen LogP contribution is -2.22. The Bertz CT molecular complexity index is 798. The number of nitro benzene ring substituents is 1. The van der Waals surface area contributed by atoms with E-state index >= 15 is 0 Å². The van der Waals surface area contributed by atoms with E-state index in [0.29, 0.717) is 0 Å². The zero-order valence-electron chi connectivity index (χ0n) is 9.92. The predicted molar refractivity (Wildman–Crippen MR) is 71.4 cm³/mol. The zero-order chi connectivity index (χ0) is 14.4. The normalized spacial score (nSPS) is 12.8. The summed E-state index contributed by atoms with van der Waals surface area (Å²) in [4.78, 5) is 35.1. The topological polar surface area (TPSA) is 77.3 Å². The summed E-state index contributed by atoms with van der Waals surface area (Å²) in [6, 6.07) is 8.62. The van der Waals surface area contributed by atoms with E-state index in [4.69, 9.17) is 11.6 Å². The van der Waals surface area contributed by atoms with Crippen LogP contribution in [0.5, 0.6) is 0 Å². The maximum Gasteiger partial charge on any atom is 0.282 e. The number of hydrogen-bond acceptors (Lipinski definition) is 4. The summed E-state index contributed by atoms with van der Waals surface area (Å²) in [7, 11) is 0. The van der Waals surface area contributed by atoms with Crippen molar-refractivity contribution in [2.24, 2.45) is 0 Å². The Labute approximate surface area is 117 Å². The molecule has 0 aromatic heterocycles. The molecule has 20 heavy (non-hydrogen) atoms. The molecule has 3 rings (SSSR count). The highest BCUT2D eigenvalue weighted by atomic mass is 35.5. The van der Waals surface area contributed by atoms with Gasteiger partial charge in [0.05, 0.1) is 4.92 Å². The minimum absolute atomic E-state index is 0.0205. The molecule has 0 fully saturated rings. The lowest BCUT2D eigenvalue weighted by atomic mass is 9.83. The molecule has 0 amide bonds. The molecule has 0 aliphatic heterocycles. The summed E-state index contributed by atoms with van der Waals surface area (Å²) < 4.78 is 0. The second-order valence-corrected chi connectivity index (χ2v) is 4.74. The highest BCUT2D eigenvalue weighted by Crippen LogP contribution is 2.35. The van der Waals surface area contributed by atoms with Crippen LogP contribution in [-0.4, -0.2) is 16.5 Å². The van der Waals surface area contributed by atoms with Crippen molar-refractivity contribution in [3.63, 3.8) is 0 Å². The molecular formula is C14H6ClNO4. The Hall–Kier alpha value is -2.53. The number of carbonyl (C=O) groups excluding carboxylic acids is 2. The molecule has 98 valence electrons. The summed E-state index contributed by atoms with van der Waals surface area (Å²) in [6.45, 7) is 0. The summed E-state index contributed by atoms with van der Waals surface area (Å²) in [5.41, 5.74) is -0.242. The van der Waals surface area contributed by atoms with Crippen LogP contribution in [0, 0.1) is 10.1 Å². The summed E-state index contributed by atoms with van der Waals surface area (Å²) in [6.07, 6.45) is 0. The van der Waals surface area contributed by atoms with Gasteiger partial charge in [-0.05, 0) is 6.07 Å². The molecule has 6 heteroatoms. The molecule has 0 heterocycles. The SMILES string of the molecule is O=C1c2ccccc2C(=O)c2c1cc(Cl)cc2[N+](=O)[O-]. The van der Waals surface area contributed by atoms with Crippen molar-refractivity contribution >= 4 is 28.9 Å². The number of nitrogens with zero attached hydrogens (tertiary/aromatic N) is 1. The lowest BCUT2D eigenvalue weighted by molar-refractivity contribution is -0.385. The van der Waals surface area contributed by atoms with Crippen LogP contribution in [0.25, 0.3) is 0 Å². The van der Waals surface area contributed by atoms with Crippen molar-refractivity contribution in [2.45, 2.75) is 0 Å². The smallest absolute Gasteiger partial charge is 0.282 e. The molecule has 0 bridgehead atoms. The second-order valence-electron chi connectivity index (χ2n) is 4.31. The molecule has 2 aromatic rings. The third-order valence-corrected chi connectivity index (χ3v) is 3.39. The van der Waals surface area contributed by atoms with Gasteiger partial charge in [-0.15, -0.1) is 0 Å². The van der Waals surface area contributed by atoms with Gasteiger partial charge in [-0.1, -0.05) is 35.9 Å². The van der Waals surface area contributed by atoms with Gasteiger partial charge in [-0.25, -0.2) is 0 Å². The highest BCUT2D eigenvalue weighted by molar-refractivity contribution is 6.34. The molecule has 0 spiro atoms. The molecule has 0 unspecified atom stereocenters. The zero-order valence-corrected chi connectivity index (χ0v) is 10.7. The number of halogens is 1. The number of hydrogen-bond donors (Lipinski definition) is 0. The van der Waals surface area contributed by atoms with Crippen LogP contribution in [0.3, 0.4) is 0 Å². The molecule has 1 aliphatic rings. The van der Waals surface area contributed by atoms with Gasteiger partial charge in [-0.2, -0.15) is 0 Å². The van der Waals surface area contributed by atoms with Crippen molar-refractivity contribution in [1.82, 2.24) is 0 Å². The highest BCUT2D eigenvalue weighted by Gasteiger charge is 2.35. The minimum atomic E-state index is -0.705. The van der Waals surface area contributed by atoms with Crippen LogP contribution in [-0.2, 0) is 0 Å². The molecule has 1 aliphatic carbocycles. The summed E-state index contributed by atoms with van der Waals surface area (Å²) in [5.74, 6) is -0.959. The number of benzene rings is 2. The van der Waals surface area contributed by atoms with Crippen molar-refractivity contribution in [3.05, 3.63) is 73.8 Å². The Morgan fingerprint density at radius 2 is 1.55 bits per heavy atom. The molecule has 0 N–H and O–H groups in total. The van der Waals surface area contributed by atoms with E-state index in [-0.39, 0.29) is 27.3 Å². The fourth-order valence-corrected chi connectivity index (χ4v) is 2.53. The molecule has 0 atom stereocenters. The molecule has 2 aromatic carbocycles. The van der Waals surface area contributed by atoms with Crippen LogP contribution >= 0.6 is 11.6 Å². The Morgan fingerprint density at radius 1 is 0.950 bits per heavy atom. The van der Waals surface area contributed by atoms with E-state index in [1.165, 1.54) is 18.2 Å². The second kappa shape index (κ2) is 4.25. The number of carbonyl (C=O) groups is 2. The molecular weight excluding hydrogens is 282 g/mol. The molecule has 5 nitrogen and oxygen atoms in total. The molecule has 0 radical (unpaired) electrons. The van der Waals surface area contributed by atoms with Gasteiger partial charge in [0, 0.05) is 27.8 Å². The van der Waals surface area contributed by atoms with E-state index in [2.05, 4.69) is 0 Å². The summed E-state index contributed by atoms with van der Waals surface area (Å²) >= 11 is 5.80. The van der Waals surface area contributed by atoms with Crippen LogP contribution in [0.1, 0.15) is 31.8 Å². The maximum absolute atomic E-state index is 12.4. The van der Waals surface area contributed by atoms with Crippen molar-refractivity contribution in [1.29, 1.82) is 0 Å². The third kappa shape index (κ3) is 1.64. The quantitative estimate of drug-likeness (QED) is 0.509. The van der Waals surface area contributed by atoms with Gasteiger partial charge in [0.2, 0.25) is 5.78 Å². The fraction of sp³-hybridized carbons (Fsp3) is 0. The van der Waals surface area contributed by atoms with Gasteiger partial charge < -0.3 is 0 Å². The number of fused-ring (bicyclic) bond motifs is 2. The van der Waals surface area contributed by atoms with Crippen molar-refractivity contribution in [2.75, 3.05) is 0 Å². The van der Waals surface area contributed by atoms with E-state index in [0.717, 1.165) is 6.07 Å². The van der Waals surface area contributed by atoms with Crippen LogP contribution < -0.4 is 0 Å². The van der Waals surface area contributed by atoms with Gasteiger partial charge in [0.1, 0.15) is 5.56 Å². The Kier molecular flexibility index (Phi) is 2.65. The van der Waals surface area contributed by atoms with Gasteiger partial charge in [0.15, 0.2) is 5.78 Å². The van der Waals surface area contributed by atoms with E-state index in [9.17, 15) is 19.7 Å². The van der Waals surface area contributed by atoms with E-state index < -0.39 is 22.2 Å². The van der Waals surface area contributed by atoms with Crippen LogP contribution in [0.4, 0.5) is 5.69 Å². The van der Waals surface area contributed by atoms with Gasteiger partial charge in [0.25, 0.3) is 5.69 Å².